The summed E-state index contributed by atoms with van der Waals surface area (Å²) in [6, 6.07) is 18.7. The van der Waals surface area contributed by atoms with Gasteiger partial charge < -0.3 is 35.4 Å². The van der Waals surface area contributed by atoms with Gasteiger partial charge in [-0.3, -0.25) is 38.6 Å². The number of amides is 5. The average Bonchev–Trinajstić information content (AvgIpc) is 3.71. The number of aromatic nitrogens is 2. The molecule has 5 aliphatic heterocycles. The van der Waals surface area contributed by atoms with Crippen LogP contribution in [0.2, 0.25) is 0 Å². The molecule has 4 aromatic carbocycles. The SMILES string of the molecule is O=C(N[C@@H](C(=O)NC12CCC(CN3CCN(CC(=O)N4CCN(C(=O)c5cc(Cc6n[nH]c(=O)c7ccccc67)ccc5F)CC4)CC3)(CC1)OC2)C1CCCCC1)c1cccc(C2CCCN(C(=O)CNCc3ccc(F)cc3F)C2)c1F. The number of benzene rings is 4. The van der Waals surface area contributed by atoms with Crippen LogP contribution in [0.25, 0.3) is 10.8 Å². The van der Waals surface area contributed by atoms with Crippen molar-refractivity contribution in [2.45, 2.75) is 107 Å². The lowest BCUT2D eigenvalue weighted by molar-refractivity contribution is -0.176. The fraction of sp³-hybridized carbons (Fsp3) is 0.508. The van der Waals surface area contributed by atoms with Gasteiger partial charge in [0.05, 0.1) is 53.0 Å². The molecule has 2 bridgehead atoms. The second kappa shape index (κ2) is 25.6. The lowest BCUT2D eigenvalue weighted by Gasteiger charge is -2.55. The summed E-state index contributed by atoms with van der Waals surface area (Å²) >= 11 is 0. The van der Waals surface area contributed by atoms with E-state index in [0.717, 1.165) is 76.7 Å². The second-order valence-electron chi connectivity index (χ2n) is 24.1. The van der Waals surface area contributed by atoms with Gasteiger partial charge in [-0.25, -0.2) is 22.7 Å². The summed E-state index contributed by atoms with van der Waals surface area (Å²) in [6.07, 6.45) is 8.85. The third kappa shape index (κ3) is 13.2. The highest BCUT2D eigenvalue weighted by Gasteiger charge is 2.52. The predicted octanol–water partition coefficient (Wildman–Crippen LogP) is 6.05. The number of hydrogen-bond donors (Lipinski definition) is 4. The summed E-state index contributed by atoms with van der Waals surface area (Å²) in [4.78, 5) is 91.0. The number of hydrogen-bond acceptors (Lipinski definition) is 11. The van der Waals surface area contributed by atoms with Crippen molar-refractivity contribution in [3.63, 3.8) is 0 Å². The van der Waals surface area contributed by atoms with Gasteiger partial charge in [0.15, 0.2) is 0 Å². The van der Waals surface area contributed by atoms with Crippen molar-refractivity contribution in [3.8, 4) is 0 Å². The third-order valence-electron chi connectivity index (χ3n) is 18.6. The van der Waals surface area contributed by atoms with E-state index in [4.69, 9.17) is 4.74 Å². The van der Waals surface area contributed by atoms with E-state index in [-0.39, 0.29) is 103 Å². The van der Waals surface area contributed by atoms with Gasteiger partial charge in [-0.1, -0.05) is 61.7 Å². The number of carbonyl (C=O) groups excluding carboxylic acids is 5. The van der Waals surface area contributed by atoms with Gasteiger partial charge in [0, 0.05) is 108 Å². The van der Waals surface area contributed by atoms with Gasteiger partial charge in [0.1, 0.15) is 29.3 Å². The van der Waals surface area contributed by atoms with Crippen molar-refractivity contribution in [1.82, 2.24) is 50.6 Å². The fourth-order valence-electron chi connectivity index (χ4n) is 13.6. The van der Waals surface area contributed by atoms with E-state index in [1.165, 1.54) is 18.2 Å². The van der Waals surface area contributed by atoms with Crippen LogP contribution in [0.1, 0.15) is 120 Å². The lowest BCUT2D eigenvalue weighted by Crippen LogP contribution is -2.67. The number of carbonyl (C=O) groups is 5. The first kappa shape index (κ1) is 58.7. The second-order valence-corrected chi connectivity index (χ2v) is 24.1. The normalized spacial score (nSPS) is 22.9. The van der Waals surface area contributed by atoms with E-state index < -0.39 is 46.7 Å². The van der Waals surface area contributed by atoms with Crippen molar-refractivity contribution in [1.29, 1.82) is 0 Å². The lowest BCUT2D eigenvalue weighted by atomic mass is 9.70. The number of piperazine rings is 2. The highest BCUT2D eigenvalue weighted by Crippen LogP contribution is 2.44. The number of halogens is 4. The van der Waals surface area contributed by atoms with Crippen molar-refractivity contribution in [2.24, 2.45) is 5.92 Å². The Bertz CT molecular complexity index is 3300. The van der Waals surface area contributed by atoms with Gasteiger partial charge in [-0.2, -0.15) is 5.10 Å². The highest BCUT2D eigenvalue weighted by molar-refractivity contribution is 5.98. The first-order chi connectivity index (χ1) is 40.6. The molecular formula is C63H74F4N10O7. The molecule has 0 spiro atoms. The number of nitrogens with zero attached hydrogens (tertiary/aromatic N) is 6. The smallest absolute Gasteiger partial charge is 0.272 e. The Balaban J connectivity index is 0.627. The van der Waals surface area contributed by atoms with Crippen LogP contribution in [0, 0.1) is 29.2 Å². The highest BCUT2D eigenvalue weighted by atomic mass is 19.1. The molecule has 2 atom stereocenters. The van der Waals surface area contributed by atoms with Crippen LogP contribution in [-0.2, 0) is 32.1 Å². The minimum Gasteiger partial charge on any atom is -0.371 e. The van der Waals surface area contributed by atoms with Gasteiger partial charge in [-0.15, -0.1) is 0 Å². The number of aromatic amines is 1. The molecule has 5 amide bonds. The topological polar surface area (TPSA) is 193 Å². The fourth-order valence-corrected chi connectivity index (χ4v) is 13.6. The average molecular weight is 1160 g/mol. The summed E-state index contributed by atoms with van der Waals surface area (Å²) < 4.78 is 66.0. The largest absolute Gasteiger partial charge is 0.371 e. The number of piperidine rings is 1. The molecule has 7 aliphatic rings. The number of rotatable bonds is 17. The Morgan fingerprint density at radius 2 is 1.44 bits per heavy atom. The quantitative estimate of drug-likeness (QED) is 0.0794. The molecule has 4 N–H and O–H groups in total. The zero-order chi connectivity index (χ0) is 58.5. The van der Waals surface area contributed by atoms with Gasteiger partial charge in [0.25, 0.3) is 17.4 Å². The molecule has 5 aromatic rings. The van der Waals surface area contributed by atoms with E-state index in [9.17, 15) is 37.5 Å². The molecule has 2 aliphatic carbocycles. The van der Waals surface area contributed by atoms with Crippen LogP contribution >= 0.6 is 0 Å². The molecule has 1 unspecified atom stereocenters. The van der Waals surface area contributed by atoms with E-state index in [2.05, 4.69) is 35.9 Å². The zero-order valence-electron chi connectivity index (χ0n) is 47.4. The Morgan fingerprint density at radius 3 is 2.18 bits per heavy atom. The summed E-state index contributed by atoms with van der Waals surface area (Å²) in [5.74, 6) is -4.81. The van der Waals surface area contributed by atoms with Crippen molar-refractivity contribution in [3.05, 3.63) is 146 Å². The number of likely N-dealkylation sites (tertiary alicyclic amines) is 1. The molecule has 17 nitrogen and oxygen atoms in total. The zero-order valence-corrected chi connectivity index (χ0v) is 47.4. The Labute approximate surface area is 485 Å². The van der Waals surface area contributed by atoms with Gasteiger partial charge in [0.2, 0.25) is 17.7 Å². The maximum atomic E-state index is 16.6. The molecule has 446 valence electrons. The molecule has 21 heteroatoms. The van der Waals surface area contributed by atoms with Gasteiger partial charge >= 0.3 is 0 Å². The molecule has 2 saturated carbocycles. The molecule has 7 fully saturated rings. The third-order valence-corrected chi connectivity index (χ3v) is 18.6. The van der Waals surface area contributed by atoms with Crippen LogP contribution in [-0.4, -0.2) is 173 Å². The molecule has 5 saturated heterocycles. The van der Waals surface area contributed by atoms with E-state index in [0.29, 0.717) is 92.6 Å². The Morgan fingerprint density at radius 1 is 0.702 bits per heavy atom. The van der Waals surface area contributed by atoms with E-state index in [1.807, 2.05) is 12.1 Å². The van der Waals surface area contributed by atoms with Crippen LogP contribution in [0.5, 0.6) is 0 Å². The Kier molecular flexibility index (Phi) is 17.9. The molecule has 1 aromatic heterocycles. The maximum absolute atomic E-state index is 16.6. The molecule has 6 heterocycles. The standard InChI is InChI=1S/C63H74F4N10O7/c64-45-17-16-43(52(66)34-45)35-68-36-54(78)77-23-7-10-44(37-77)46-13-6-14-49(56(46)67)58(80)69-57(42-8-2-1-3-9-42)60(82)70-62-19-21-63(22-20-62,84-40-62)39-74-26-24-73(25-27-74)38-55(79)75-28-30-76(31-29-75)61(83)50-32-41(15-18-51(50)65)33-53-47-11-4-5-12-48(47)59(81)72-71-53/h4-6,11-18,32,34,42,44,57,68H,1-3,7-10,19-31,33,35-40H2,(H,69,80)(H,70,82)(H,72,81)/t44?,57-,62?,63?/m1/s1. The molecule has 84 heavy (non-hydrogen) atoms. The van der Waals surface area contributed by atoms with Gasteiger partial charge in [-0.05, 0) is 98.7 Å². The van der Waals surface area contributed by atoms with Crippen LogP contribution in [0.3, 0.4) is 0 Å². The monoisotopic (exact) mass is 1160 g/mol. The van der Waals surface area contributed by atoms with Crippen molar-refractivity contribution in [2.75, 3.05) is 91.7 Å². The summed E-state index contributed by atoms with van der Waals surface area (Å²) in [6.45, 7) is 6.16. The minimum atomic E-state index is -0.873. The van der Waals surface area contributed by atoms with E-state index in [1.54, 1.807) is 51.1 Å². The first-order valence-corrected chi connectivity index (χ1v) is 29.9. The minimum absolute atomic E-state index is 0.0120. The van der Waals surface area contributed by atoms with Crippen LogP contribution < -0.4 is 21.5 Å². The van der Waals surface area contributed by atoms with E-state index >= 15 is 8.78 Å². The van der Waals surface area contributed by atoms with Crippen LogP contribution in [0.15, 0.2) is 83.7 Å². The molecular weight excluding hydrogens is 1080 g/mol. The number of ether oxygens (including phenoxy) is 1. The number of fused-ring (bicyclic) bond motifs is 4. The van der Waals surface area contributed by atoms with Crippen LogP contribution in [0.4, 0.5) is 17.6 Å². The summed E-state index contributed by atoms with van der Waals surface area (Å²) in [7, 11) is 0. The molecule has 0 radical (unpaired) electrons. The molecule has 12 rings (SSSR count). The van der Waals surface area contributed by atoms with Crippen molar-refractivity contribution >= 4 is 40.3 Å². The Hall–Kier alpha value is -7.07. The summed E-state index contributed by atoms with van der Waals surface area (Å²) in [5.41, 5.74) is 0.375. The first-order valence-electron chi connectivity index (χ1n) is 29.9. The maximum Gasteiger partial charge on any atom is 0.272 e. The van der Waals surface area contributed by atoms with Crippen molar-refractivity contribution < 1.29 is 46.3 Å². The number of nitrogens with one attached hydrogen (secondary N) is 4. The predicted molar refractivity (Wildman–Crippen MR) is 306 cm³/mol. The number of H-pyrrole nitrogens is 1. The summed E-state index contributed by atoms with van der Waals surface area (Å²) in [5, 5.41) is 17.2.